The van der Waals surface area contributed by atoms with E-state index in [1.54, 1.807) is 0 Å². The fourth-order valence-electron chi connectivity index (χ4n) is 3.24. The van der Waals surface area contributed by atoms with Crippen molar-refractivity contribution in [2.75, 3.05) is 46.3 Å². The lowest BCUT2D eigenvalue weighted by atomic mass is 9.92. The van der Waals surface area contributed by atoms with Gasteiger partial charge >= 0.3 is 6.09 Å². The largest absolute Gasteiger partial charge is 0.444 e. The number of nitrogens with one attached hydrogen (secondary N) is 1. The molecule has 2 aliphatic rings. The van der Waals surface area contributed by atoms with Crippen molar-refractivity contribution in [3.8, 4) is 0 Å². The Balaban J connectivity index is 1.81. The number of hydrogen-bond donors (Lipinski definition) is 1. The molecule has 1 amide bonds. The van der Waals surface area contributed by atoms with E-state index in [0.29, 0.717) is 12.0 Å². The van der Waals surface area contributed by atoms with E-state index in [4.69, 9.17) is 4.74 Å². The molecule has 0 spiro atoms. The van der Waals surface area contributed by atoms with Crippen molar-refractivity contribution in [1.82, 2.24) is 20.2 Å². The molecule has 2 rings (SSSR count). The van der Waals surface area contributed by atoms with Crippen LogP contribution in [0.3, 0.4) is 0 Å². The molecule has 0 bridgehead atoms. The zero-order valence-electron chi connectivity index (χ0n) is 15.5. The molecule has 2 heterocycles. The van der Waals surface area contributed by atoms with Crippen LogP contribution in [0.4, 0.5) is 4.79 Å². The Morgan fingerprint density at radius 2 is 1.83 bits per heavy atom. The zero-order chi connectivity index (χ0) is 17.0. The van der Waals surface area contributed by atoms with E-state index in [0.717, 1.165) is 45.7 Å². The highest BCUT2D eigenvalue weighted by Gasteiger charge is 2.31. The van der Waals surface area contributed by atoms with Crippen LogP contribution in [0, 0.1) is 5.92 Å². The Bertz CT molecular complexity index is 389. The number of carbonyl (C=O) groups excluding carboxylic acids is 1. The highest BCUT2D eigenvalue weighted by atomic mass is 16.6. The Kier molecular flexibility index (Phi) is 6.28. The lowest BCUT2D eigenvalue weighted by molar-refractivity contribution is 0.0102. The fourth-order valence-corrected chi connectivity index (χ4v) is 3.24. The normalized spacial score (nSPS) is 26.1. The third-order valence-electron chi connectivity index (χ3n) is 4.71. The summed E-state index contributed by atoms with van der Waals surface area (Å²) in [4.78, 5) is 16.5. The summed E-state index contributed by atoms with van der Waals surface area (Å²) in [5.41, 5.74) is 3.22. The first-order valence-corrected chi connectivity index (χ1v) is 8.92. The molecule has 2 fully saturated rings. The van der Waals surface area contributed by atoms with E-state index in [1.165, 1.54) is 6.42 Å². The molecule has 0 aromatic heterocycles. The average molecular weight is 326 g/mol. The Hall–Kier alpha value is -0.850. The molecule has 2 unspecified atom stereocenters. The maximum atomic E-state index is 12.3. The number of likely N-dealkylation sites (N-methyl/N-ethyl adjacent to an activating group) is 1. The maximum absolute atomic E-state index is 12.3. The van der Waals surface area contributed by atoms with E-state index >= 15 is 0 Å². The number of amides is 1. The van der Waals surface area contributed by atoms with Crippen LogP contribution < -0.4 is 5.43 Å². The SMILES string of the molecule is CC(NN1CCN(C)CC1)C1CCCN(C(=O)OC(C)(C)C)C1. The number of hydrogen-bond acceptors (Lipinski definition) is 5. The fraction of sp³-hybridized carbons (Fsp3) is 0.941. The van der Waals surface area contributed by atoms with Gasteiger partial charge in [-0.15, -0.1) is 0 Å². The van der Waals surface area contributed by atoms with Gasteiger partial charge in [0, 0.05) is 45.3 Å². The molecule has 1 N–H and O–H groups in total. The van der Waals surface area contributed by atoms with Crippen LogP contribution in [0.5, 0.6) is 0 Å². The number of carbonyl (C=O) groups is 1. The molecule has 0 aliphatic carbocycles. The van der Waals surface area contributed by atoms with Gasteiger partial charge in [-0.1, -0.05) is 0 Å². The second-order valence-electron chi connectivity index (χ2n) is 8.04. The van der Waals surface area contributed by atoms with Crippen LogP contribution >= 0.6 is 0 Å². The highest BCUT2D eigenvalue weighted by molar-refractivity contribution is 5.68. The summed E-state index contributed by atoms with van der Waals surface area (Å²) in [5, 5.41) is 2.33. The Labute approximate surface area is 141 Å². The molecule has 0 aromatic rings. The van der Waals surface area contributed by atoms with Gasteiger partial charge in [-0.25, -0.2) is 9.80 Å². The van der Waals surface area contributed by atoms with Crippen LogP contribution in [0.1, 0.15) is 40.5 Å². The molecular formula is C17H34N4O2. The predicted molar refractivity (Wildman–Crippen MR) is 92.2 cm³/mol. The molecular weight excluding hydrogens is 292 g/mol. The number of ether oxygens (including phenoxy) is 1. The van der Waals surface area contributed by atoms with Gasteiger partial charge in [-0.3, -0.25) is 5.43 Å². The van der Waals surface area contributed by atoms with Crippen LogP contribution in [0.25, 0.3) is 0 Å². The minimum atomic E-state index is -0.423. The highest BCUT2D eigenvalue weighted by Crippen LogP contribution is 2.22. The van der Waals surface area contributed by atoms with Crippen molar-refractivity contribution in [2.45, 2.75) is 52.2 Å². The van der Waals surface area contributed by atoms with Gasteiger partial charge in [0.25, 0.3) is 0 Å². The molecule has 0 saturated carbocycles. The summed E-state index contributed by atoms with van der Waals surface area (Å²) < 4.78 is 5.52. The van der Waals surface area contributed by atoms with E-state index < -0.39 is 5.60 Å². The van der Waals surface area contributed by atoms with Gasteiger partial charge in [0.2, 0.25) is 0 Å². The molecule has 6 heteroatoms. The number of likely N-dealkylation sites (tertiary alicyclic amines) is 1. The number of rotatable bonds is 3. The van der Waals surface area contributed by atoms with E-state index in [2.05, 4.69) is 29.3 Å². The van der Waals surface area contributed by atoms with Gasteiger partial charge < -0.3 is 14.5 Å². The quantitative estimate of drug-likeness (QED) is 0.856. The van der Waals surface area contributed by atoms with E-state index in [1.807, 2.05) is 25.7 Å². The first kappa shape index (κ1) is 18.5. The smallest absolute Gasteiger partial charge is 0.410 e. The van der Waals surface area contributed by atoms with Crippen molar-refractivity contribution < 1.29 is 9.53 Å². The van der Waals surface area contributed by atoms with Crippen molar-refractivity contribution in [3.63, 3.8) is 0 Å². The van der Waals surface area contributed by atoms with Crippen molar-refractivity contribution >= 4 is 6.09 Å². The third-order valence-corrected chi connectivity index (χ3v) is 4.71. The molecule has 134 valence electrons. The summed E-state index contributed by atoms with van der Waals surface area (Å²) in [7, 11) is 2.17. The van der Waals surface area contributed by atoms with Crippen molar-refractivity contribution in [1.29, 1.82) is 0 Å². The van der Waals surface area contributed by atoms with Gasteiger partial charge in [0.05, 0.1) is 0 Å². The van der Waals surface area contributed by atoms with Crippen molar-refractivity contribution in [2.24, 2.45) is 5.92 Å². The van der Waals surface area contributed by atoms with Gasteiger partial charge in [-0.2, -0.15) is 0 Å². The van der Waals surface area contributed by atoms with Gasteiger partial charge in [-0.05, 0) is 53.5 Å². The average Bonchev–Trinajstić information content (AvgIpc) is 2.48. The molecule has 2 saturated heterocycles. The second-order valence-corrected chi connectivity index (χ2v) is 8.04. The molecule has 6 nitrogen and oxygen atoms in total. The molecule has 2 atom stereocenters. The standard InChI is InChI=1S/C17H34N4O2/c1-14(18-21-11-9-19(5)10-12-21)15-7-6-8-20(13-15)16(22)23-17(2,3)4/h14-15,18H,6-13H2,1-5H3. The molecule has 0 aromatic carbocycles. The summed E-state index contributed by atoms with van der Waals surface area (Å²) >= 11 is 0. The van der Waals surface area contributed by atoms with Crippen LogP contribution in [0.15, 0.2) is 0 Å². The number of hydrazine groups is 1. The summed E-state index contributed by atoms with van der Waals surface area (Å²) in [5.74, 6) is 0.482. The summed E-state index contributed by atoms with van der Waals surface area (Å²) in [6.07, 6.45) is 2.05. The number of piperazine rings is 1. The van der Waals surface area contributed by atoms with E-state index in [-0.39, 0.29) is 6.09 Å². The molecule has 23 heavy (non-hydrogen) atoms. The Morgan fingerprint density at radius 1 is 1.17 bits per heavy atom. The lowest BCUT2D eigenvalue weighted by Gasteiger charge is -2.40. The predicted octanol–water partition coefficient (Wildman–Crippen LogP) is 1.77. The minimum Gasteiger partial charge on any atom is -0.444 e. The first-order valence-electron chi connectivity index (χ1n) is 8.92. The Morgan fingerprint density at radius 3 is 2.43 bits per heavy atom. The topological polar surface area (TPSA) is 48.0 Å². The lowest BCUT2D eigenvalue weighted by Crippen LogP contribution is -2.56. The van der Waals surface area contributed by atoms with E-state index in [9.17, 15) is 4.79 Å². The van der Waals surface area contributed by atoms with Gasteiger partial charge in [0.1, 0.15) is 5.60 Å². The zero-order valence-corrected chi connectivity index (χ0v) is 15.5. The maximum Gasteiger partial charge on any atom is 0.410 e. The number of piperidine rings is 1. The minimum absolute atomic E-state index is 0.172. The number of nitrogens with zero attached hydrogens (tertiary/aromatic N) is 3. The second kappa shape index (κ2) is 7.81. The molecule has 2 aliphatic heterocycles. The third kappa shape index (κ3) is 5.94. The van der Waals surface area contributed by atoms with Gasteiger partial charge in [0.15, 0.2) is 0 Å². The van der Waals surface area contributed by atoms with Crippen molar-refractivity contribution in [3.05, 3.63) is 0 Å². The summed E-state index contributed by atoms with van der Waals surface area (Å²) in [6.45, 7) is 13.9. The van der Waals surface area contributed by atoms with Crippen LogP contribution in [-0.4, -0.2) is 78.9 Å². The molecule has 0 radical (unpaired) electrons. The van der Waals surface area contributed by atoms with Crippen LogP contribution in [-0.2, 0) is 4.74 Å². The first-order chi connectivity index (χ1) is 10.7. The summed E-state index contributed by atoms with van der Waals surface area (Å²) in [6, 6.07) is 0.378. The monoisotopic (exact) mass is 326 g/mol. The van der Waals surface area contributed by atoms with Crippen LogP contribution in [0.2, 0.25) is 0 Å².